The van der Waals surface area contributed by atoms with Crippen molar-refractivity contribution >= 4 is 0 Å². The van der Waals surface area contributed by atoms with Gasteiger partial charge in [0.2, 0.25) is 0 Å². The lowest BCUT2D eigenvalue weighted by Crippen LogP contribution is -2.39. The predicted octanol–water partition coefficient (Wildman–Crippen LogP) is 2.23. The number of hydrogen-bond donors (Lipinski definition) is 1. The first-order valence-corrected chi connectivity index (χ1v) is 8.22. The third-order valence-corrected chi connectivity index (χ3v) is 4.33. The van der Waals surface area contributed by atoms with E-state index in [0.29, 0.717) is 13.2 Å². The van der Waals surface area contributed by atoms with E-state index in [2.05, 4.69) is 23.1 Å². The maximum atomic E-state index is 10.7. The zero-order valence-electron chi connectivity index (χ0n) is 13.9. The molecule has 1 saturated heterocycles. The molecule has 0 amide bonds. The van der Waals surface area contributed by atoms with Gasteiger partial charge in [-0.2, -0.15) is 5.10 Å². The smallest absolute Gasteiger partial charge is 0.119 e. The molecule has 0 saturated carbocycles. The summed E-state index contributed by atoms with van der Waals surface area (Å²) in [4.78, 5) is 2.26. The Morgan fingerprint density at radius 2 is 2.26 bits per heavy atom. The highest BCUT2D eigenvalue weighted by molar-refractivity contribution is 5.27. The molecule has 5 heteroatoms. The van der Waals surface area contributed by atoms with Crippen LogP contribution in [-0.2, 0) is 13.1 Å². The van der Waals surface area contributed by atoms with Crippen LogP contribution in [0.4, 0.5) is 0 Å². The molecule has 0 aliphatic carbocycles. The molecule has 1 atom stereocenters. The van der Waals surface area contributed by atoms with Crippen LogP contribution in [0.5, 0.6) is 5.75 Å². The van der Waals surface area contributed by atoms with E-state index in [9.17, 15) is 5.11 Å². The summed E-state index contributed by atoms with van der Waals surface area (Å²) in [6.07, 6.45) is 4.71. The summed E-state index contributed by atoms with van der Waals surface area (Å²) in [6, 6.07) is 7.94. The SMILES string of the molecule is CCn1cc(CN2CC[C@](O)(COc3cccc(C)c3)C2)cn1. The van der Waals surface area contributed by atoms with Crippen molar-refractivity contribution in [2.75, 3.05) is 19.7 Å². The van der Waals surface area contributed by atoms with E-state index < -0.39 is 5.60 Å². The van der Waals surface area contributed by atoms with Gasteiger partial charge in [-0.25, -0.2) is 0 Å². The summed E-state index contributed by atoms with van der Waals surface area (Å²) in [5.74, 6) is 0.820. The minimum atomic E-state index is -0.773. The third-order valence-electron chi connectivity index (χ3n) is 4.33. The quantitative estimate of drug-likeness (QED) is 0.888. The van der Waals surface area contributed by atoms with Crippen LogP contribution in [-0.4, -0.2) is 45.1 Å². The molecule has 1 fully saturated rings. The lowest BCUT2D eigenvalue weighted by molar-refractivity contribution is 0.00336. The molecule has 0 bridgehead atoms. The Hall–Kier alpha value is -1.85. The van der Waals surface area contributed by atoms with Gasteiger partial charge < -0.3 is 9.84 Å². The standard InChI is InChI=1S/C18H25N3O2/c1-3-21-12-16(10-19-21)11-20-8-7-18(22,13-20)14-23-17-6-4-5-15(2)9-17/h4-6,9-10,12,22H,3,7-8,11,13-14H2,1-2H3/t18-/m1/s1. The normalized spacial score (nSPS) is 21.7. The summed E-state index contributed by atoms with van der Waals surface area (Å²) >= 11 is 0. The highest BCUT2D eigenvalue weighted by Crippen LogP contribution is 2.24. The van der Waals surface area contributed by atoms with Crippen LogP contribution in [0.25, 0.3) is 0 Å². The molecule has 1 aromatic carbocycles. The first-order chi connectivity index (χ1) is 11.1. The van der Waals surface area contributed by atoms with Crippen LogP contribution in [0.1, 0.15) is 24.5 Å². The largest absolute Gasteiger partial charge is 0.491 e. The topological polar surface area (TPSA) is 50.5 Å². The van der Waals surface area contributed by atoms with Crippen LogP contribution in [0.2, 0.25) is 0 Å². The molecule has 0 radical (unpaired) electrons. The Bertz CT molecular complexity index is 655. The Labute approximate surface area is 137 Å². The van der Waals surface area contributed by atoms with E-state index in [0.717, 1.165) is 37.4 Å². The molecule has 23 heavy (non-hydrogen) atoms. The van der Waals surface area contributed by atoms with Crippen molar-refractivity contribution in [2.24, 2.45) is 0 Å². The van der Waals surface area contributed by atoms with E-state index >= 15 is 0 Å². The fraction of sp³-hybridized carbons (Fsp3) is 0.500. The fourth-order valence-corrected chi connectivity index (χ4v) is 3.04. The molecule has 0 spiro atoms. The number of aliphatic hydroxyl groups is 1. The molecule has 2 heterocycles. The van der Waals surface area contributed by atoms with Crippen LogP contribution >= 0.6 is 0 Å². The average Bonchev–Trinajstić information content (AvgIpc) is 3.13. The minimum absolute atomic E-state index is 0.334. The first kappa shape index (κ1) is 16.0. The van der Waals surface area contributed by atoms with Gasteiger partial charge in [-0.05, 0) is 38.0 Å². The van der Waals surface area contributed by atoms with Gasteiger partial charge in [-0.1, -0.05) is 12.1 Å². The molecule has 0 unspecified atom stereocenters. The summed E-state index contributed by atoms with van der Waals surface area (Å²) < 4.78 is 7.73. The number of likely N-dealkylation sites (tertiary alicyclic amines) is 1. The van der Waals surface area contributed by atoms with Crippen LogP contribution < -0.4 is 4.74 Å². The molecular weight excluding hydrogens is 290 g/mol. The van der Waals surface area contributed by atoms with Crippen molar-refractivity contribution in [1.29, 1.82) is 0 Å². The molecule has 3 rings (SSSR count). The highest BCUT2D eigenvalue weighted by atomic mass is 16.5. The van der Waals surface area contributed by atoms with E-state index in [1.807, 2.05) is 42.1 Å². The van der Waals surface area contributed by atoms with Gasteiger partial charge in [-0.3, -0.25) is 9.58 Å². The van der Waals surface area contributed by atoms with Crippen molar-refractivity contribution in [1.82, 2.24) is 14.7 Å². The maximum absolute atomic E-state index is 10.7. The summed E-state index contributed by atoms with van der Waals surface area (Å²) in [5, 5.41) is 15.0. The van der Waals surface area contributed by atoms with Crippen molar-refractivity contribution in [3.63, 3.8) is 0 Å². The van der Waals surface area contributed by atoms with Gasteiger partial charge in [0, 0.05) is 37.9 Å². The number of ether oxygens (including phenoxy) is 1. The van der Waals surface area contributed by atoms with E-state index in [4.69, 9.17) is 4.74 Å². The van der Waals surface area contributed by atoms with Gasteiger partial charge in [0.05, 0.1) is 6.20 Å². The van der Waals surface area contributed by atoms with Crippen molar-refractivity contribution in [3.05, 3.63) is 47.8 Å². The molecular formula is C18H25N3O2. The van der Waals surface area contributed by atoms with E-state index in [-0.39, 0.29) is 0 Å². The first-order valence-electron chi connectivity index (χ1n) is 8.22. The molecule has 1 N–H and O–H groups in total. The van der Waals surface area contributed by atoms with Gasteiger partial charge in [0.15, 0.2) is 0 Å². The molecule has 1 aliphatic heterocycles. The fourth-order valence-electron chi connectivity index (χ4n) is 3.04. The van der Waals surface area contributed by atoms with Crippen LogP contribution in [0.15, 0.2) is 36.7 Å². The number of aromatic nitrogens is 2. The monoisotopic (exact) mass is 315 g/mol. The van der Waals surface area contributed by atoms with Crippen molar-refractivity contribution in [2.45, 2.75) is 39.0 Å². The second-order valence-corrected chi connectivity index (χ2v) is 6.49. The average molecular weight is 315 g/mol. The van der Waals surface area contributed by atoms with Gasteiger partial charge >= 0.3 is 0 Å². The van der Waals surface area contributed by atoms with Crippen LogP contribution in [0.3, 0.4) is 0 Å². The lowest BCUT2D eigenvalue weighted by Gasteiger charge is -2.23. The Morgan fingerprint density at radius 3 is 3.00 bits per heavy atom. The number of rotatable bonds is 6. The Kier molecular flexibility index (Phi) is 4.68. The third kappa shape index (κ3) is 4.12. The number of aryl methyl sites for hydroxylation is 2. The highest BCUT2D eigenvalue weighted by Gasteiger charge is 2.36. The van der Waals surface area contributed by atoms with Crippen molar-refractivity contribution in [3.8, 4) is 5.75 Å². The predicted molar refractivity (Wildman–Crippen MR) is 89.4 cm³/mol. The Balaban J connectivity index is 1.53. The summed E-state index contributed by atoms with van der Waals surface area (Å²) in [5.41, 5.74) is 1.58. The Morgan fingerprint density at radius 1 is 1.39 bits per heavy atom. The van der Waals surface area contributed by atoms with Gasteiger partial charge in [-0.15, -0.1) is 0 Å². The zero-order valence-corrected chi connectivity index (χ0v) is 13.9. The molecule has 5 nitrogen and oxygen atoms in total. The number of hydrogen-bond acceptors (Lipinski definition) is 4. The lowest BCUT2D eigenvalue weighted by atomic mass is 10.1. The molecule has 2 aromatic rings. The maximum Gasteiger partial charge on any atom is 0.119 e. The molecule has 1 aromatic heterocycles. The summed E-state index contributed by atoms with van der Waals surface area (Å²) in [7, 11) is 0. The van der Waals surface area contributed by atoms with E-state index in [1.165, 1.54) is 5.56 Å². The second-order valence-electron chi connectivity index (χ2n) is 6.49. The van der Waals surface area contributed by atoms with E-state index in [1.54, 1.807) is 0 Å². The molecule has 1 aliphatic rings. The second kappa shape index (κ2) is 6.72. The summed E-state index contributed by atoms with van der Waals surface area (Å²) in [6.45, 7) is 7.67. The molecule has 124 valence electrons. The van der Waals surface area contributed by atoms with Gasteiger partial charge in [0.1, 0.15) is 18.0 Å². The number of benzene rings is 1. The minimum Gasteiger partial charge on any atom is -0.491 e. The van der Waals surface area contributed by atoms with Crippen molar-refractivity contribution < 1.29 is 9.84 Å². The van der Waals surface area contributed by atoms with Gasteiger partial charge in [0.25, 0.3) is 0 Å². The zero-order chi connectivity index (χ0) is 16.3. The number of β-amino-alcohol motifs (C(OH)–C–C–N with tert-alkyl or cyclic N) is 1. The number of nitrogens with zero attached hydrogens (tertiary/aromatic N) is 3. The van der Waals surface area contributed by atoms with Crippen LogP contribution in [0, 0.1) is 6.92 Å².